The molecule has 2 aromatic rings. The van der Waals surface area contributed by atoms with Crippen LogP contribution in [-0.2, 0) is 13.1 Å². The predicted molar refractivity (Wildman–Crippen MR) is 68.8 cm³/mol. The van der Waals surface area contributed by atoms with Crippen molar-refractivity contribution in [3.05, 3.63) is 41.7 Å². The van der Waals surface area contributed by atoms with Gasteiger partial charge in [-0.15, -0.1) is 0 Å². The number of rotatable bonds is 7. The van der Waals surface area contributed by atoms with Crippen molar-refractivity contribution in [3.63, 3.8) is 0 Å². The van der Waals surface area contributed by atoms with Crippen molar-refractivity contribution < 1.29 is 18.3 Å². The lowest BCUT2D eigenvalue weighted by Gasteiger charge is -2.14. The summed E-state index contributed by atoms with van der Waals surface area (Å²) < 4.78 is 34.5. The first-order valence-corrected chi connectivity index (χ1v) is 5.99. The van der Waals surface area contributed by atoms with Gasteiger partial charge in [0.25, 0.3) is 0 Å². The van der Waals surface area contributed by atoms with Gasteiger partial charge in [0.05, 0.1) is 13.3 Å². The molecule has 7 heteroatoms. The van der Waals surface area contributed by atoms with E-state index in [2.05, 4.69) is 20.3 Å². The number of para-hydroxylation sites is 1. The maximum absolute atomic E-state index is 12.5. The topological polar surface area (TPSA) is 59.2 Å². The summed E-state index contributed by atoms with van der Waals surface area (Å²) in [7, 11) is 1.41. The average Bonchev–Trinajstić information content (AvgIpc) is 2.93. The molecule has 1 heterocycles. The molecule has 2 rings (SSSR count). The minimum Gasteiger partial charge on any atom is -0.493 e. The van der Waals surface area contributed by atoms with Gasteiger partial charge in [0.15, 0.2) is 11.5 Å². The van der Waals surface area contributed by atoms with Gasteiger partial charge in [0.2, 0.25) is 0 Å². The quantitative estimate of drug-likeness (QED) is 0.818. The number of hydrogen-bond acceptors (Lipinski definition) is 4. The summed E-state index contributed by atoms with van der Waals surface area (Å²) in [4.78, 5) is 0. The van der Waals surface area contributed by atoms with Crippen molar-refractivity contribution in [3.8, 4) is 11.5 Å². The van der Waals surface area contributed by atoms with Crippen molar-refractivity contribution in [1.29, 1.82) is 0 Å². The Morgan fingerprint density at radius 2 is 2.20 bits per heavy atom. The second-order valence-corrected chi connectivity index (χ2v) is 4.04. The number of nitrogens with zero attached hydrogens (tertiary/aromatic N) is 1. The van der Waals surface area contributed by atoms with Crippen LogP contribution >= 0.6 is 0 Å². The maximum atomic E-state index is 12.5. The van der Waals surface area contributed by atoms with Crippen LogP contribution in [0.25, 0.3) is 0 Å². The van der Waals surface area contributed by atoms with Gasteiger partial charge in [-0.2, -0.15) is 13.9 Å². The molecule has 108 valence electrons. The highest BCUT2D eigenvalue weighted by atomic mass is 19.3. The van der Waals surface area contributed by atoms with Gasteiger partial charge >= 0.3 is 6.61 Å². The van der Waals surface area contributed by atoms with E-state index in [0.29, 0.717) is 18.7 Å². The molecule has 0 unspecified atom stereocenters. The highest BCUT2D eigenvalue weighted by molar-refractivity contribution is 5.46. The fourth-order valence-corrected chi connectivity index (χ4v) is 1.80. The van der Waals surface area contributed by atoms with Gasteiger partial charge < -0.3 is 14.8 Å². The van der Waals surface area contributed by atoms with E-state index in [-0.39, 0.29) is 11.5 Å². The number of halogens is 2. The first-order chi connectivity index (χ1) is 9.70. The van der Waals surface area contributed by atoms with E-state index in [4.69, 9.17) is 4.74 Å². The Hall–Kier alpha value is -2.15. The lowest BCUT2D eigenvalue weighted by atomic mass is 10.2. The van der Waals surface area contributed by atoms with E-state index in [9.17, 15) is 8.78 Å². The Balaban J connectivity index is 2.05. The monoisotopic (exact) mass is 283 g/mol. The van der Waals surface area contributed by atoms with Gasteiger partial charge in [0.1, 0.15) is 0 Å². The minimum absolute atomic E-state index is 0.0599. The van der Waals surface area contributed by atoms with Crippen LogP contribution < -0.4 is 14.8 Å². The summed E-state index contributed by atoms with van der Waals surface area (Å²) in [5.74, 6) is 0.345. The van der Waals surface area contributed by atoms with Gasteiger partial charge in [-0.3, -0.25) is 5.10 Å². The fourth-order valence-electron chi connectivity index (χ4n) is 1.80. The van der Waals surface area contributed by atoms with Crippen LogP contribution in [0.15, 0.2) is 30.6 Å². The molecule has 0 amide bonds. The van der Waals surface area contributed by atoms with Crippen molar-refractivity contribution in [2.24, 2.45) is 0 Å². The van der Waals surface area contributed by atoms with E-state index in [0.717, 1.165) is 5.56 Å². The van der Waals surface area contributed by atoms with E-state index >= 15 is 0 Å². The molecule has 0 bridgehead atoms. The van der Waals surface area contributed by atoms with Crippen molar-refractivity contribution in [1.82, 2.24) is 15.5 Å². The molecule has 5 nitrogen and oxygen atoms in total. The largest absolute Gasteiger partial charge is 0.493 e. The lowest BCUT2D eigenvalue weighted by molar-refractivity contribution is -0.0518. The molecule has 0 atom stereocenters. The standard InChI is InChI=1S/C13H15F2N3O2/c1-19-11-4-2-3-10(12(11)20-13(14)15)8-16-5-9-6-17-18-7-9/h2-4,6-7,13,16H,5,8H2,1H3,(H,17,18). The number of alkyl halides is 2. The Morgan fingerprint density at radius 3 is 2.85 bits per heavy atom. The van der Waals surface area contributed by atoms with Crippen molar-refractivity contribution >= 4 is 0 Å². The molecule has 1 aromatic heterocycles. The van der Waals surface area contributed by atoms with Crippen LogP contribution in [0.3, 0.4) is 0 Å². The van der Waals surface area contributed by atoms with E-state index < -0.39 is 6.61 Å². The number of hydrogen-bond donors (Lipinski definition) is 2. The Kier molecular flexibility index (Phi) is 4.89. The smallest absolute Gasteiger partial charge is 0.387 e. The summed E-state index contributed by atoms with van der Waals surface area (Å²) in [6, 6.07) is 5.02. The van der Waals surface area contributed by atoms with Gasteiger partial charge in [-0.05, 0) is 6.07 Å². The third kappa shape index (κ3) is 3.67. The number of aromatic nitrogens is 2. The molecule has 0 spiro atoms. The normalized spacial score (nSPS) is 10.8. The Morgan fingerprint density at radius 1 is 1.35 bits per heavy atom. The molecule has 0 aliphatic heterocycles. The maximum Gasteiger partial charge on any atom is 0.387 e. The Bertz CT molecular complexity index is 532. The molecular weight excluding hydrogens is 268 g/mol. The number of ether oxygens (including phenoxy) is 2. The summed E-state index contributed by atoms with van der Waals surface area (Å²) >= 11 is 0. The zero-order chi connectivity index (χ0) is 14.4. The van der Waals surface area contributed by atoms with Crippen LogP contribution in [0.2, 0.25) is 0 Å². The SMILES string of the molecule is COc1cccc(CNCc2cn[nH]c2)c1OC(F)F. The zero-order valence-electron chi connectivity index (χ0n) is 10.9. The van der Waals surface area contributed by atoms with Gasteiger partial charge in [0, 0.05) is 30.4 Å². The van der Waals surface area contributed by atoms with Crippen LogP contribution in [0.4, 0.5) is 8.78 Å². The third-order valence-electron chi connectivity index (χ3n) is 2.69. The van der Waals surface area contributed by atoms with E-state index in [1.165, 1.54) is 7.11 Å². The molecule has 1 aromatic carbocycles. The van der Waals surface area contributed by atoms with Gasteiger partial charge in [-0.25, -0.2) is 0 Å². The molecule has 20 heavy (non-hydrogen) atoms. The summed E-state index contributed by atoms with van der Waals surface area (Å²) in [6.45, 7) is -1.94. The van der Waals surface area contributed by atoms with Crippen molar-refractivity contribution in [2.45, 2.75) is 19.7 Å². The van der Waals surface area contributed by atoms with Gasteiger partial charge in [-0.1, -0.05) is 12.1 Å². The number of nitrogens with one attached hydrogen (secondary N) is 2. The van der Waals surface area contributed by atoms with E-state index in [1.807, 2.05) is 0 Å². The Labute approximate surface area is 114 Å². The van der Waals surface area contributed by atoms with Crippen LogP contribution in [0.5, 0.6) is 11.5 Å². The molecule has 0 aliphatic rings. The molecule has 0 aliphatic carbocycles. The number of H-pyrrole nitrogens is 1. The lowest BCUT2D eigenvalue weighted by Crippen LogP contribution is -2.14. The summed E-state index contributed by atoms with van der Waals surface area (Å²) in [5.41, 5.74) is 1.58. The second kappa shape index (κ2) is 6.85. The van der Waals surface area contributed by atoms with Crippen LogP contribution in [0.1, 0.15) is 11.1 Å². The highest BCUT2D eigenvalue weighted by Crippen LogP contribution is 2.32. The number of methoxy groups -OCH3 is 1. The van der Waals surface area contributed by atoms with Crippen molar-refractivity contribution in [2.75, 3.05) is 7.11 Å². The second-order valence-electron chi connectivity index (χ2n) is 4.04. The van der Waals surface area contributed by atoms with E-state index in [1.54, 1.807) is 30.6 Å². The van der Waals surface area contributed by atoms with Crippen LogP contribution in [-0.4, -0.2) is 23.9 Å². The predicted octanol–water partition coefficient (Wildman–Crippen LogP) is 2.31. The zero-order valence-corrected chi connectivity index (χ0v) is 10.9. The number of benzene rings is 1. The third-order valence-corrected chi connectivity index (χ3v) is 2.69. The first-order valence-electron chi connectivity index (χ1n) is 5.99. The molecule has 0 saturated carbocycles. The molecular formula is C13H15F2N3O2. The molecule has 2 N–H and O–H groups in total. The molecule has 0 fully saturated rings. The number of aromatic amines is 1. The van der Waals surface area contributed by atoms with Crippen LogP contribution in [0, 0.1) is 0 Å². The fraction of sp³-hybridized carbons (Fsp3) is 0.308. The highest BCUT2D eigenvalue weighted by Gasteiger charge is 2.14. The first kappa shape index (κ1) is 14.3. The summed E-state index contributed by atoms with van der Waals surface area (Å²) in [5, 5.41) is 9.65. The summed E-state index contributed by atoms with van der Waals surface area (Å²) in [6.07, 6.45) is 3.45. The molecule has 0 radical (unpaired) electrons. The molecule has 0 saturated heterocycles. The average molecular weight is 283 g/mol. The minimum atomic E-state index is -2.89.